The van der Waals surface area contributed by atoms with Crippen LogP contribution < -0.4 is 10.6 Å². The van der Waals surface area contributed by atoms with Crippen LogP contribution in [0.2, 0.25) is 0 Å². The molecule has 0 spiro atoms. The minimum absolute atomic E-state index is 0.545. The van der Waals surface area contributed by atoms with Gasteiger partial charge >= 0.3 is 0 Å². The lowest BCUT2D eigenvalue weighted by Crippen LogP contribution is -2.19. The minimum Gasteiger partial charge on any atom is -0.456 e. The second kappa shape index (κ2) is 18.2. The molecule has 0 bridgehead atoms. The number of fused-ring (bicyclic) bond motifs is 12. The minimum atomic E-state index is 0.545. The molecule has 0 radical (unpaired) electrons. The van der Waals surface area contributed by atoms with E-state index in [4.69, 9.17) is 13.8 Å². The van der Waals surface area contributed by atoms with Crippen LogP contribution in [0.3, 0.4) is 0 Å². The Kier molecular flexibility index (Phi) is 10.5. The van der Waals surface area contributed by atoms with Gasteiger partial charge in [0.1, 0.15) is 39.9 Å². The Labute approximate surface area is 454 Å². The Hall–Kier alpha value is -10.7. The highest BCUT2D eigenvalue weighted by Crippen LogP contribution is 2.53. The highest BCUT2D eigenvalue weighted by atomic mass is 16.3. The topological polar surface area (TPSA) is 72.8 Å². The molecule has 0 fully saturated rings. The molecule has 0 N–H and O–H groups in total. The van der Waals surface area contributed by atoms with Gasteiger partial charge < -0.3 is 8.83 Å². The lowest BCUT2D eigenvalue weighted by atomic mass is 9.76. The van der Waals surface area contributed by atoms with E-state index in [2.05, 4.69) is 241 Å². The van der Waals surface area contributed by atoms with Gasteiger partial charge in [-0.1, -0.05) is 195 Å². The van der Waals surface area contributed by atoms with E-state index in [0.717, 1.165) is 143 Å². The fourth-order valence-corrected chi connectivity index (χ4v) is 12.5. The Bertz CT molecular complexity index is 5150. The summed E-state index contributed by atoms with van der Waals surface area (Å²) >= 11 is 0. The van der Waals surface area contributed by atoms with Crippen LogP contribution in [0.1, 0.15) is 12.5 Å². The largest absolute Gasteiger partial charge is 0.456 e. The van der Waals surface area contributed by atoms with Crippen molar-refractivity contribution in [2.24, 2.45) is 0 Å². The number of benzene rings is 10. The number of rotatable bonds is 8. The molecule has 0 saturated carbocycles. The molecular weight excluding hydrogens is 965 g/mol. The van der Waals surface area contributed by atoms with Gasteiger partial charge in [-0.15, -0.1) is 0 Å². The second-order valence-corrected chi connectivity index (χ2v) is 19.9. The zero-order valence-electron chi connectivity index (χ0n) is 43.0. The molecule has 0 amide bonds. The number of pyridine rings is 1. The molecule has 0 aliphatic heterocycles. The monoisotopic (exact) mass is 1010 g/mol. The van der Waals surface area contributed by atoms with E-state index in [0.29, 0.717) is 17.2 Å². The zero-order valence-corrected chi connectivity index (χ0v) is 43.0. The fourth-order valence-electron chi connectivity index (χ4n) is 12.5. The van der Waals surface area contributed by atoms with Crippen molar-refractivity contribution < 1.29 is 8.83 Å². The predicted molar refractivity (Wildman–Crippen MR) is 326 cm³/mol. The molecule has 6 nitrogen and oxygen atoms in total. The third-order valence-electron chi connectivity index (χ3n) is 15.7. The maximum Gasteiger partial charge on any atom is 0.140 e. The molecule has 79 heavy (non-hydrogen) atoms. The third-order valence-corrected chi connectivity index (χ3v) is 15.7. The van der Waals surface area contributed by atoms with Gasteiger partial charge in [0.15, 0.2) is 0 Å². The number of hydrogen-bond acceptors (Lipinski definition) is 4. The zero-order chi connectivity index (χ0) is 52.7. The number of allylic oxidation sites excluding steroid dienone is 1. The van der Waals surface area contributed by atoms with Crippen molar-refractivity contribution in [1.82, 2.24) is 14.1 Å². The molecule has 0 saturated heterocycles. The maximum atomic E-state index is 12.3. The Morgan fingerprint density at radius 3 is 1.37 bits per heavy atom. The van der Waals surface area contributed by atoms with E-state index in [1.165, 1.54) is 0 Å². The summed E-state index contributed by atoms with van der Waals surface area (Å²) in [6.07, 6.45) is 5.82. The molecule has 370 valence electrons. The highest BCUT2D eigenvalue weighted by molar-refractivity contribution is 6.25. The molecular formula is C73H46N4O2. The molecule has 5 aromatic heterocycles. The quantitative estimate of drug-likeness (QED) is 0.152. The van der Waals surface area contributed by atoms with Crippen LogP contribution in [0.4, 0.5) is 0 Å². The van der Waals surface area contributed by atoms with Crippen molar-refractivity contribution in [3.63, 3.8) is 0 Å². The molecule has 0 unspecified atom stereocenters. The second-order valence-electron chi connectivity index (χ2n) is 19.9. The third kappa shape index (κ3) is 6.93. The summed E-state index contributed by atoms with van der Waals surface area (Å²) in [7, 11) is 0. The van der Waals surface area contributed by atoms with Crippen LogP contribution >= 0.6 is 0 Å². The molecule has 15 aromatic rings. The Morgan fingerprint density at radius 1 is 0.430 bits per heavy atom. The van der Waals surface area contributed by atoms with E-state index >= 15 is 0 Å². The van der Waals surface area contributed by atoms with E-state index in [1.54, 1.807) is 6.08 Å². The van der Waals surface area contributed by atoms with Crippen molar-refractivity contribution in [3.8, 4) is 73.3 Å². The fraction of sp³-hybridized carbons (Fsp3) is 0.0137. The summed E-state index contributed by atoms with van der Waals surface area (Å²) in [5.74, 6) is 1.33. The van der Waals surface area contributed by atoms with Gasteiger partial charge in [-0.3, -0.25) is 9.13 Å². The van der Waals surface area contributed by atoms with Crippen molar-refractivity contribution in [2.75, 3.05) is 0 Å². The van der Waals surface area contributed by atoms with Gasteiger partial charge in [0.05, 0.1) is 38.4 Å². The van der Waals surface area contributed by atoms with Crippen molar-refractivity contribution >= 4 is 88.7 Å². The van der Waals surface area contributed by atoms with E-state index in [9.17, 15) is 5.26 Å². The summed E-state index contributed by atoms with van der Waals surface area (Å²) in [6.45, 7) is 6.11. The molecule has 0 aliphatic carbocycles. The molecule has 6 heteroatoms. The summed E-state index contributed by atoms with van der Waals surface area (Å²) in [5, 5.41) is 20.5. The van der Waals surface area contributed by atoms with Crippen LogP contribution in [0.5, 0.6) is 0 Å². The number of nitriles is 1. The van der Waals surface area contributed by atoms with E-state index in [1.807, 2.05) is 30.3 Å². The predicted octanol–water partition coefficient (Wildman–Crippen LogP) is 17.9. The number of hydrogen-bond donors (Lipinski definition) is 0. The SMILES string of the molecule is C=C/C=c1/oc2ccc3c4ccccc4n(-c4cc(-c5c(C#N)c(-c6ccccc6)c(-c6ccccc6)c(-c6ccccc6)c5-c5ccccc5)cc(-n5c6ccccc6c6ccc7oc8ccccc8c7c65)n4)c3c2/c1=C/C. The average molecular weight is 1010 g/mol. The average Bonchev–Trinajstić information content (AvgIpc) is 4.01. The Morgan fingerprint density at radius 2 is 0.861 bits per heavy atom. The normalized spacial score (nSPS) is 12.3. The first-order chi connectivity index (χ1) is 39.1. The maximum absolute atomic E-state index is 12.3. The van der Waals surface area contributed by atoms with Gasteiger partial charge in [0, 0.05) is 43.3 Å². The number of nitrogens with zero attached hydrogens (tertiary/aromatic N) is 4. The van der Waals surface area contributed by atoms with Crippen molar-refractivity contribution in [3.05, 3.63) is 259 Å². The van der Waals surface area contributed by atoms with Crippen LogP contribution in [-0.4, -0.2) is 14.1 Å². The smallest absolute Gasteiger partial charge is 0.140 e. The summed E-state index contributed by atoms with van der Waals surface area (Å²) in [6, 6.07) is 83.3. The van der Waals surface area contributed by atoms with Crippen molar-refractivity contribution in [2.45, 2.75) is 6.92 Å². The van der Waals surface area contributed by atoms with Crippen LogP contribution in [0.15, 0.2) is 252 Å². The molecule has 15 rings (SSSR count). The van der Waals surface area contributed by atoms with Gasteiger partial charge in [-0.05, 0) is 112 Å². The lowest BCUT2D eigenvalue weighted by molar-refractivity contribution is 0.576. The van der Waals surface area contributed by atoms with Gasteiger partial charge in [-0.25, -0.2) is 4.98 Å². The van der Waals surface area contributed by atoms with Gasteiger partial charge in [0.2, 0.25) is 0 Å². The molecule has 5 heterocycles. The molecule has 10 aromatic carbocycles. The van der Waals surface area contributed by atoms with E-state index in [-0.39, 0.29) is 0 Å². The first-order valence-electron chi connectivity index (χ1n) is 26.6. The number of aromatic nitrogens is 3. The summed E-state index contributed by atoms with van der Waals surface area (Å²) in [4.78, 5) is 5.95. The van der Waals surface area contributed by atoms with Crippen LogP contribution in [0, 0.1) is 11.3 Å². The van der Waals surface area contributed by atoms with Gasteiger partial charge in [0.25, 0.3) is 0 Å². The Balaban J connectivity index is 1.20. The summed E-state index contributed by atoms with van der Waals surface area (Å²) in [5.41, 5.74) is 16.8. The first kappa shape index (κ1) is 45.6. The molecule has 0 atom stereocenters. The van der Waals surface area contributed by atoms with Crippen LogP contribution in [0.25, 0.3) is 156 Å². The highest BCUT2D eigenvalue weighted by Gasteiger charge is 2.31. The van der Waals surface area contributed by atoms with E-state index < -0.39 is 0 Å². The lowest BCUT2D eigenvalue weighted by Gasteiger charge is -2.26. The standard InChI is InChI=1S/C73H46N4O2/c1-3-23-59-50(4-2)70-61(78-59)40-38-53-51-32-17-20-35-57(51)76(72(53)70)63-42-49(43-64(75-63)77-58-36-21-18-33-52(58)54-39-41-62-71(73(54)77)55-34-19-22-37-60(55)79-62)66-56(44-74)65(45-24-9-5-10-25-45)67(46-26-11-6-12-27-46)69(48-30-15-8-16-31-48)68(66)47-28-13-7-14-29-47/h3-43H,1H2,2H3/b50-4+,59-23+. The molecule has 0 aliphatic rings. The van der Waals surface area contributed by atoms with Crippen LogP contribution in [-0.2, 0) is 0 Å². The first-order valence-corrected chi connectivity index (χ1v) is 26.6. The van der Waals surface area contributed by atoms with Gasteiger partial charge in [-0.2, -0.15) is 5.26 Å². The van der Waals surface area contributed by atoms with Crippen molar-refractivity contribution in [1.29, 1.82) is 5.26 Å². The summed E-state index contributed by atoms with van der Waals surface area (Å²) < 4.78 is 18.0. The number of para-hydroxylation sites is 3. The number of furan rings is 2.